The Hall–Kier alpha value is -3.83. The molecule has 3 aromatic rings. The second kappa shape index (κ2) is 9.12. The molecule has 4 rings (SSSR count). The van der Waals surface area contributed by atoms with Crippen LogP contribution in [-0.2, 0) is 11.4 Å². The summed E-state index contributed by atoms with van der Waals surface area (Å²) < 4.78 is 0. The van der Waals surface area contributed by atoms with E-state index in [1.165, 1.54) is 0 Å². The van der Waals surface area contributed by atoms with Crippen molar-refractivity contribution in [3.63, 3.8) is 0 Å². The molecule has 0 aromatic heterocycles. The van der Waals surface area contributed by atoms with Crippen LogP contribution in [0.4, 0.5) is 5.69 Å². The Labute approximate surface area is 187 Å². The third-order valence-corrected chi connectivity index (χ3v) is 5.62. The fourth-order valence-corrected chi connectivity index (χ4v) is 3.78. The summed E-state index contributed by atoms with van der Waals surface area (Å²) in [6.45, 7) is 2.46. The van der Waals surface area contributed by atoms with Crippen molar-refractivity contribution >= 4 is 23.6 Å². The maximum atomic E-state index is 13.3. The fourth-order valence-electron chi connectivity index (χ4n) is 3.78. The van der Waals surface area contributed by atoms with Gasteiger partial charge in [-0.15, -0.1) is 0 Å². The van der Waals surface area contributed by atoms with Gasteiger partial charge in [-0.3, -0.25) is 4.79 Å². The molecule has 5 nitrogen and oxygen atoms in total. The van der Waals surface area contributed by atoms with Gasteiger partial charge in [0.2, 0.25) is 0 Å². The van der Waals surface area contributed by atoms with Gasteiger partial charge < -0.3 is 20.2 Å². The Bertz CT molecular complexity index is 1210. The highest BCUT2D eigenvalue weighted by Crippen LogP contribution is 2.28. The van der Waals surface area contributed by atoms with Gasteiger partial charge in [0.15, 0.2) is 5.78 Å². The molecular formula is C27H25NO4. The van der Waals surface area contributed by atoms with E-state index in [2.05, 4.69) is 4.90 Å². The van der Waals surface area contributed by atoms with Gasteiger partial charge in [-0.05, 0) is 60.0 Å². The summed E-state index contributed by atoms with van der Waals surface area (Å²) in [5, 5.41) is 29.4. The lowest BCUT2D eigenvalue weighted by atomic mass is 9.93. The number of nitrogens with zero attached hydrogens (tertiary/aromatic N) is 1. The van der Waals surface area contributed by atoms with Gasteiger partial charge in [-0.1, -0.05) is 42.5 Å². The van der Waals surface area contributed by atoms with Crippen LogP contribution >= 0.6 is 0 Å². The van der Waals surface area contributed by atoms with Crippen LogP contribution in [0, 0.1) is 6.92 Å². The lowest BCUT2D eigenvalue weighted by Crippen LogP contribution is -2.37. The molecule has 0 amide bonds. The van der Waals surface area contributed by atoms with E-state index in [4.69, 9.17) is 0 Å². The maximum Gasteiger partial charge on any atom is 0.188 e. The number of benzene rings is 3. The average Bonchev–Trinajstić information content (AvgIpc) is 2.79. The zero-order valence-electron chi connectivity index (χ0n) is 17.8. The quantitative estimate of drug-likeness (QED) is 0.536. The second-order valence-electron chi connectivity index (χ2n) is 7.95. The molecule has 0 bridgehead atoms. The van der Waals surface area contributed by atoms with Crippen LogP contribution in [0.25, 0.3) is 12.2 Å². The predicted octanol–water partition coefficient (Wildman–Crippen LogP) is 4.45. The number of rotatable bonds is 4. The van der Waals surface area contributed by atoms with E-state index in [0.29, 0.717) is 35.4 Å². The summed E-state index contributed by atoms with van der Waals surface area (Å²) in [5.74, 6) is 0.122. The van der Waals surface area contributed by atoms with Crippen LogP contribution < -0.4 is 4.90 Å². The first-order valence-electron chi connectivity index (χ1n) is 10.4. The van der Waals surface area contributed by atoms with E-state index in [1.54, 1.807) is 30.3 Å². The van der Waals surface area contributed by atoms with Crippen molar-refractivity contribution in [1.82, 2.24) is 0 Å². The number of aliphatic hydroxyl groups is 1. The number of carbonyl (C=O) groups excluding carboxylic acids is 1. The molecule has 5 heteroatoms. The molecule has 0 radical (unpaired) electrons. The summed E-state index contributed by atoms with van der Waals surface area (Å²) >= 11 is 0. The topological polar surface area (TPSA) is 81.0 Å². The summed E-state index contributed by atoms with van der Waals surface area (Å²) in [4.78, 5) is 15.5. The van der Waals surface area contributed by atoms with Gasteiger partial charge in [-0.2, -0.15) is 0 Å². The minimum absolute atomic E-state index is 0.00378. The monoisotopic (exact) mass is 427 g/mol. The first-order chi connectivity index (χ1) is 15.4. The summed E-state index contributed by atoms with van der Waals surface area (Å²) in [7, 11) is 0. The first-order valence-corrected chi connectivity index (χ1v) is 10.4. The van der Waals surface area contributed by atoms with Crippen molar-refractivity contribution in [2.75, 3.05) is 18.0 Å². The van der Waals surface area contributed by atoms with Crippen LogP contribution in [0.1, 0.15) is 22.3 Å². The SMILES string of the molecule is Cc1ccc(/C=C2\CN(c3ccccc3)C/C(=C\c3ccc(CO)c(O)c3)C2=O)cc1O. The number of ketones is 1. The number of phenolic OH excluding ortho intramolecular Hbond substituents is 1. The van der Waals surface area contributed by atoms with Crippen molar-refractivity contribution < 1.29 is 20.1 Å². The molecule has 0 aliphatic carbocycles. The zero-order valence-corrected chi connectivity index (χ0v) is 17.8. The Kier molecular flexibility index (Phi) is 6.10. The maximum absolute atomic E-state index is 13.3. The number of aromatic hydroxyl groups is 2. The highest BCUT2D eigenvalue weighted by molar-refractivity contribution is 6.15. The molecule has 1 aliphatic rings. The fraction of sp³-hybridized carbons (Fsp3) is 0.148. The average molecular weight is 428 g/mol. The molecule has 0 atom stereocenters. The van der Waals surface area contributed by atoms with Gasteiger partial charge in [0.05, 0.1) is 6.61 Å². The molecule has 1 aliphatic heterocycles. The third-order valence-electron chi connectivity index (χ3n) is 5.62. The summed E-state index contributed by atoms with van der Waals surface area (Å²) in [6.07, 6.45) is 3.59. The van der Waals surface area contributed by atoms with Crippen LogP contribution in [0.2, 0.25) is 0 Å². The highest BCUT2D eigenvalue weighted by Gasteiger charge is 2.26. The summed E-state index contributed by atoms with van der Waals surface area (Å²) in [6, 6.07) is 20.2. The van der Waals surface area contributed by atoms with E-state index < -0.39 is 0 Å². The molecule has 162 valence electrons. The molecule has 32 heavy (non-hydrogen) atoms. The number of phenols is 2. The second-order valence-corrected chi connectivity index (χ2v) is 7.95. The van der Waals surface area contributed by atoms with Crippen molar-refractivity contribution in [2.24, 2.45) is 0 Å². The number of carbonyl (C=O) groups is 1. The molecule has 1 saturated heterocycles. The van der Waals surface area contributed by atoms with E-state index in [1.807, 2.05) is 55.5 Å². The van der Waals surface area contributed by atoms with Gasteiger partial charge >= 0.3 is 0 Å². The minimum atomic E-state index is -0.250. The van der Waals surface area contributed by atoms with E-state index in [9.17, 15) is 20.1 Å². The molecule has 1 fully saturated rings. The molecule has 0 saturated carbocycles. The van der Waals surface area contributed by atoms with Crippen LogP contribution in [0.3, 0.4) is 0 Å². The Morgan fingerprint density at radius 2 is 1.44 bits per heavy atom. The van der Waals surface area contributed by atoms with E-state index in [-0.39, 0.29) is 23.9 Å². The summed E-state index contributed by atoms with van der Waals surface area (Å²) in [5.41, 5.74) is 4.88. The number of aryl methyl sites for hydroxylation is 1. The Morgan fingerprint density at radius 1 is 0.844 bits per heavy atom. The third kappa shape index (κ3) is 4.58. The number of Topliss-reactive ketones (excluding diaryl/α,β-unsaturated/α-hetero) is 1. The van der Waals surface area contributed by atoms with Crippen LogP contribution in [-0.4, -0.2) is 34.2 Å². The molecule has 0 unspecified atom stereocenters. The highest BCUT2D eigenvalue weighted by atomic mass is 16.3. The number of hydrogen-bond donors (Lipinski definition) is 3. The molecule has 3 N–H and O–H groups in total. The van der Waals surface area contributed by atoms with E-state index in [0.717, 1.165) is 16.8 Å². The normalized spacial score (nSPS) is 16.7. The zero-order chi connectivity index (χ0) is 22.7. The van der Waals surface area contributed by atoms with Crippen molar-refractivity contribution in [3.05, 3.63) is 100 Å². The Balaban J connectivity index is 1.75. The molecule has 1 heterocycles. The van der Waals surface area contributed by atoms with E-state index >= 15 is 0 Å². The lowest BCUT2D eigenvalue weighted by Gasteiger charge is -2.31. The largest absolute Gasteiger partial charge is 0.508 e. The molecular weight excluding hydrogens is 402 g/mol. The molecule has 0 spiro atoms. The van der Waals surface area contributed by atoms with Crippen LogP contribution in [0.15, 0.2) is 77.9 Å². The van der Waals surface area contributed by atoms with Crippen molar-refractivity contribution in [3.8, 4) is 11.5 Å². The Morgan fingerprint density at radius 3 is 2.00 bits per heavy atom. The number of anilines is 1. The minimum Gasteiger partial charge on any atom is -0.508 e. The number of aliphatic hydroxyl groups excluding tert-OH is 1. The standard InChI is InChI=1S/C27H25NO4/c1-18-7-8-19(13-25(18)30)11-22-15-28(24-5-3-2-4-6-24)16-23(27(22)32)12-20-9-10-21(17-29)26(31)14-20/h2-14,29-31H,15-17H2,1H3/b22-11+,23-12+. The van der Waals surface area contributed by atoms with Gasteiger partial charge in [-0.25, -0.2) is 0 Å². The number of hydrogen-bond acceptors (Lipinski definition) is 5. The van der Waals surface area contributed by atoms with Crippen molar-refractivity contribution in [2.45, 2.75) is 13.5 Å². The first kappa shape index (κ1) is 21.4. The van der Waals surface area contributed by atoms with Gasteiger partial charge in [0, 0.05) is 35.5 Å². The molecule has 3 aromatic carbocycles. The smallest absolute Gasteiger partial charge is 0.188 e. The predicted molar refractivity (Wildman–Crippen MR) is 126 cm³/mol. The number of para-hydroxylation sites is 1. The van der Waals surface area contributed by atoms with Gasteiger partial charge in [0.25, 0.3) is 0 Å². The lowest BCUT2D eigenvalue weighted by molar-refractivity contribution is -0.112. The van der Waals surface area contributed by atoms with Crippen molar-refractivity contribution in [1.29, 1.82) is 0 Å². The van der Waals surface area contributed by atoms with Gasteiger partial charge in [0.1, 0.15) is 11.5 Å². The number of piperidine rings is 1. The van der Waals surface area contributed by atoms with Crippen LogP contribution in [0.5, 0.6) is 11.5 Å².